The summed E-state index contributed by atoms with van der Waals surface area (Å²) in [5.74, 6) is 5.17. The maximum Gasteiger partial charge on any atom is 0.223 e. The van der Waals surface area contributed by atoms with Crippen LogP contribution in [0.25, 0.3) is 0 Å². The van der Waals surface area contributed by atoms with Gasteiger partial charge in [0.15, 0.2) is 11.5 Å². The van der Waals surface area contributed by atoms with Crippen LogP contribution in [0.2, 0.25) is 0 Å². The van der Waals surface area contributed by atoms with E-state index in [-0.39, 0.29) is 11.8 Å². The summed E-state index contributed by atoms with van der Waals surface area (Å²) in [5.41, 5.74) is 1.02. The van der Waals surface area contributed by atoms with Crippen molar-refractivity contribution in [1.29, 1.82) is 0 Å². The maximum absolute atomic E-state index is 12.9. The first-order valence-electron chi connectivity index (χ1n) is 9.43. The van der Waals surface area contributed by atoms with Crippen molar-refractivity contribution in [2.45, 2.75) is 38.6 Å². The standard InChI is InChI=1S/C20H25NO3/c22-20(18-15-7-12-6-13(9-15)10-16(18)8-12)21-11-14-2-1-3-17-19(14)24-5-4-23-17/h1-3,12-13,15-16,18H,4-11H2,(H,21,22). The van der Waals surface area contributed by atoms with Crippen LogP contribution in [-0.4, -0.2) is 19.1 Å². The SMILES string of the molecule is O=C(NCc1cccc2c1OCCO2)C1C2CC3CC(C2)CC1C3. The molecule has 6 rings (SSSR count). The lowest BCUT2D eigenvalue weighted by Gasteiger charge is -2.53. The molecule has 4 bridgehead atoms. The van der Waals surface area contributed by atoms with Crippen molar-refractivity contribution in [2.24, 2.45) is 29.6 Å². The fourth-order valence-electron chi connectivity index (χ4n) is 5.93. The second-order valence-corrected chi connectivity index (χ2v) is 8.12. The lowest BCUT2D eigenvalue weighted by atomic mass is 9.51. The van der Waals surface area contributed by atoms with E-state index in [2.05, 4.69) is 5.32 Å². The van der Waals surface area contributed by atoms with Crippen LogP contribution in [0.5, 0.6) is 11.5 Å². The molecule has 4 fully saturated rings. The van der Waals surface area contributed by atoms with E-state index in [9.17, 15) is 4.79 Å². The minimum atomic E-state index is 0.245. The van der Waals surface area contributed by atoms with E-state index >= 15 is 0 Å². The molecule has 0 atom stereocenters. The fourth-order valence-corrected chi connectivity index (χ4v) is 5.93. The number of nitrogens with one attached hydrogen (secondary N) is 1. The van der Waals surface area contributed by atoms with Crippen molar-refractivity contribution in [3.05, 3.63) is 23.8 Å². The molecule has 0 unspecified atom stereocenters. The molecule has 4 heteroatoms. The van der Waals surface area contributed by atoms with E-state index in [1.807, 2.05) is 18.2 Å². The molecule has 1 amide bonds. The van der Waals surface area contributed by atoms with Gasteiger partial charge in [-0.2, -0.15) is 0 Å². The Hall–Kier alpha value is -1.71. The van der Waals surface area contributed by atoms with Gasteiger partial charge in [0.2, 0.25) is 5.91 Å². The Bertz CT molecular complexity index is 628. The van der Waals surface area contributed by atoms with Gasteiger partial charge in [0.05, 0.1) is 0 Å². The van der Waals surface area contributed by atoms with E-state index in [1.165, 1.54) is 32.1 Å². The second-order valence-electron chi connectivity index (χ2n) is 8.12. The first-order valence-corrected chi connectivity index (χ1v) is 9.43. The number of hydrogen-bond donors (Lipinski definition) is 1. The van der Waals surface area contributed by atoms with Crippen LogP contribution in [-0.2, 0) is 11.3 Å². The molecule has 0 radical (unpaired) electrons. The Morgan fingerprint density at radius 3 is 2.46 bits per heavy atom. The Labute approximate surface area is 142 Å². The summed E-state index contributed by atoms with van der Waals surface area (Å²) in [6.45, 7) is 1.71. The van der Waals surface area contributed by atoms with Crippen molar-refractivity contribution in [3.63, 3.8) is 0 Å². The smallest absolute Gasteiger partial charge is 0.223 e. The predicted octanol–water partition coefficient (Wildman–Crippen LogP) is 3.15. The molecule has 4 saturated carbocycles. The molecule has 4 aliphatic carbocycles. The molecule has 0 spiro atoms. The first-order chi connectivity index (χ1) is 11.8. The summed E-state index contributed by atoms with van der Waals surface area (Å²) < 4.78 is 11.4. The zero-order valence-corrected chi connectivity index (χ0v) is 14.0. The van der Waals surface area contributed by atoms with Gasteiger partial charge in [-0.25, -0.2) is 0 Å². The van der Waals surface area contributed by atoms with Crippen LogP contribution in [0.3, 0.4) is 0 Å². The fraction of sp³-hybridized carbons (Fsp3) is 0.650. The molecule has 1 heterocycles. The number of carbonyl (C=O) groups is 1. The highest BCUT2D eigenvalue weighted by molar-refractivity contribution is 5.79. The molecule has 1 aliphatic heterocycles. The van der Waals surface area contributed by atoms with Gasteiger partial charge >= 0.3 is 0 Å². The molecule has 1 aromatic carbocycles. The highest BCUT2D eigenvalue weighted by Crippen LogP contribution is 2.56. The van der Waals surface area contributed by atoms with Crippen LogP contribution in [0.4, 0.5) is 0 Å². The second kappa shape index (κ2) is 5.68. The Kier molecular flexibility index (Phi) is 3.46. The number of carbonyl (C=O) groups excluding carboxylic acids is 1. The van der Waals surface area contributed by atoms with Crippen LogP contribution in [0.1, 0.15) is 37.7 Å². The topological polar surface area (TPSA) is 47.6 Å². The normalized spacial score (nSPS) is 35.8. The van der Waals surface area contributed by atoms with Crippen molar-refractivity contribution < 1.29 is 14.3 Å². The number of amides is 1. The highest BCUT2D eigenvalue weighted by atomic mass is 16.6. The van der Waals surface area contributed by atoms with Crippen LogP contribution >= 0.6 is 0 Å². The molecule has 128 valence electrons. The number of fused-ring (bicyclic) bond motifs is 1. The molecule has 0 aromatic heterocycles. The maximum atomic E-state index is 12.9. The molecule has 24 heavy (non-hydrogen) atoms. The quantitative estimate of drug-likeness (QED) is 0.928. The molecule has 0 saturated heterocycles. The van der Waals surface area contributed by atoms with E-state index in [0.717, 1.165) is 28.9 Å². The van der Waals surface area contributed by atoms with E-state index in [1.54, 1.807) is 0 Å². The van der Waals surface area contributed by atoms with Crippen LogP contribution in [0.15, 0.2) is 18.2 Å². The van der Waals surface area contributed by atoms with Gasteiger partial charge in [-0.05, 0) is 61.8 Å². The minimum Gasteiger partial charge on any atom is -0.486 e. The minimum absolute atomic E-state index is 0.245. The van der Waals surface area contributed by atoms with Crippen molar-refractivity contribution >= 4 is 5.91 Å². The third-order valence-electron chi connectivity index (χ3n) is 6.63. The molecule has 1 aromatic rings. The molecule has 4 nitrogen and oxygen atoms in total. The van der Waals surface area contributed by atoms with Gasteiger partial charge in [0.1, 0.15) is 13.2 Å². The number of para-hydroxylation sites is 1. The van der Waals surface area contributed by atoms with Gasteiger partial charge in [-0.15, -0.1) is 0 Å². The lowest BCUT2D eigenvalue weighted by Crippen LogP contribution is -2.50. The summed E-state index contributed by atoms with van der Waals surface area (Å²) in [6, 6.07) is 5.92. The highest BCUT2D eigenvalue weighted by Gasteiger charge is 2.50. The lowest BCUT2D eigenvalue weighted by molar-refractivity contribution is -0.138. The largest absolute Gasteiger partial charge is 0.486 e. The number of ether oxygens (including phenoxy) is 2. The summed E-state index contributed by atoms with van der Waals surface area (Å²) in [7, 11) is 0. The van der Waals surface area contributed by atoms with Crippen molar-refractivity contribution in [1.82, 2.24) is 5.32 Å². The third-order valence-corrected chi connectivity index (χ3v) is 6.63. The first kappa shape index (κ1) is 14.6. The summed E-state index contributed by atoms with van der Waals surface area (Å²) in [4.78, 5) is 12.9. The number of rotatable bonds is 3. The molecule has 5 aliphatic rings. The van der Waals surface area contributed by atoms with Gasteiger partial charge in [0.25, 0.3) is 0 Å². The van der Waals surface area contributed by atoms with Crippen LogP contribution in [0, 0.1) is 29.6 Å². The Morgan fingerprint density at radius 1 is 1.00 bits per heavy atom. The zero-order valence-electron chi connectivity index (χ0n) is 14.0. The zero-order chi connectivity index (χ0) is 16.1. The average Bonchev–Trinajstić information content (AvgIpc) is 2.59. The number of benzene rings is 1. The Balaban J connectivity index is 1.28. The van der Waals surface area contributed by atoms with Gasteiger partial charge < -0.3 is 14.8 Å². The van der Waals surface area contributed by atoms with Crippen molar-refractivity contribution in [3.8, 4) is 11.5 Å². The molecular formula is C20H25NO3. The van der Waals surface area contributed by atoms with E-state index in [0.29, 0.717) is 31.6 Å². The monoisotopic (exact) mass is 327 g/mol. The van der Waals surface area contributed by atoms with Gasteiger partial charge in [-0.3, -0.25) is 4.79 Å². The predicted molar refractivity (Wildman–Crippen MR) is 89.8 cm³/mol. The summed E-state index contributed by atoms with van der Waals surface area (Å²) in [6.07, 6.45) is 6.55. The van der Waals surface area contributed by atoms with E-state index < -0.39 is 0 Å². The van der Waals surface area contributed by atoms with Crippen molar-refractivity contribution in [2.75, 3.05) is 13.2 Å². The molecule has 1 N–H and O–H groups in total. The van der Waals surface area contributed by atoms with E-state index in [4.69, 9.17) is 9.47 Å². The van der Waals surface area contributed by atoms with Crippen LogP contribution < -0.4 is 14.8 Å². The average molecular weight is 327 g/mol. The van der Waals surface area contributed by atoms with Gasteiger partial charge in [0, 0.05) is 18.0 Å². The summed E-state index contributed by atoms with van der Waals surface area (Å²) >= 11 is 0. The third kappa shape index (κ3) is 2.38. The van der Waals surface area contributed by atoms with Gasteiger partial charge in [-0.1, -0.05) is 12.1 Å². The summed E-state index contributed by atoms with van der Waals surface area (Å²) in [5, 5.41) is 3.20. The molecular weight excluding hydrogens is 302 g/mol. The Morgan fingerprint density at radius 2 is 1.71 bits per heavy atom. The number of hydrogen-bond acceptors (Lipinski definition) is 3.